The minimum atomic E-state index is -0.597. The SMILES string of the molecule is C[C@H](Oc1ccc2c(c1)c1ccnc3c4ccccc4c(=O)n2c13)C(=O)NC1CCCC1. The topological polar surface area (TPSA) is 72.7 Å². The van der Waals surface area contributed by atoms with Gasteiger partial charge in [-0.15, -0.1) is 0 Å². The molecule has 0 bridgehead atoms. The number of benzene rings is 2. The van der Waals surface area contributed by atoms with Crippen molar-refractivity contribution in [2.75, 3.05) is 0 Å². The second-order valence-corrected chi connectivity index (χ2v) is 8.67. The maximum Gasteiger partial charge on any atom is 0.263 e. The number of hydrogen-bond donors (Lipinski definition) is 1. The summed E-state index contributed by atoms with van der Waals surface area (Å²) in [6, 6.07) is 15.4. The normalized spacial score (nSPS) is 15.8. The van der Waals surface area contributed by atoms with Crippen molar-refractivity contribution in [1.82, 2.24) is 14.7 Å². The highest BCUT2D eigenvalue weighted by Gasteiger charge is 2.22. The van der Waals surface area contributed by atoms with Gasteiger partial charge in [0.2, 0.25) is 0 Å². The first-order valence-corrected chi connectivity index (χ1v) is 11.2. The summed E-state index contributed by atoms with van der Waals surface area (Å²) in [5.74, 6) is 0.516. The third kappa shape index (κ3) is 2.83. The minimum absolute atomic E-state index is 0.0564. The Labute approximate surface area is 184 Å². The highest BCUT2D eigenvalue weighted by molar-refractivity contribution is 6.18. The highest BCUT2D eigenvalue weighted by atomic mass is 16.5. The molecule has 2 aromatic carbocycles. The Hall–Kier alpha value is -3.67. The quantitative estimate of drug-likeness (QED) is 0.433. The van der Waals surface area contributed by atoms with Crippen LogP contribution < -0.4 is 15.6 Å². The average molecular weight is 425 g/mol. The molecular formula is C26H23N3O3. The van der Waals surface area contributed by atoms with Crippen molar-refractivity contribution < 1.29 is 9.53 Å². The van der Waals surface area contributed by atoms with E-state index in [2.05, 4.69) is 10.3 Å². The molecule has 1 aliphatic carbocycles. The number of nitrogens with one attached hydrogen (secondary N) is 1. The summed E-state index contributed by atoms with van der Waals surface area (Å²) in [4.78, 5) is 30.5. The second kappa shape index (κ2) is 7.19. The Balaban J connectivity index is 1.45. The zero-order valence-corrected chi connectivity index (χ0v) is 17.8. The van der Waals surface area contributed by atoms with Gasteiger partial charge in [0.15, 0.2) is 6.10 Å². The molecule has 0 unspecified atom stereocenters. The van der Waals surface area contributed by atoms with E-state index in [9.17, 15) is 9.59 Å². The number of nitrogens with zero attached hydrogens (tertiary/aromatic N) is 2. The van der Waals surface area contributed by atoms with Crippen molar-refractivity contribution in [3.8, 4) is 5.75 Å². The van der Waals surface area contributed by atoms with Crippen LogP contribution in [0.2, 0.25) is 0 Å². The van der Waals surface area contributed by atoms with Gasteiger partial charge in [0, 0.05) is 33.8 Å². The molecular weight excluding hydrogens is 402 g/mol. The molecule has 1 aliphatic rings. The van der Waals surface area contributed by atoms with E-state index in [-0.39, 0.29) is 17.5 Å². The lowest BCUT2D eigenvalue weighted by Crippen LogP contribution is -2.41. The van der Waals surface area contributed by atoms with Crippen molar-refractivity contribution in [2.24, 2.45) is 0 Å². The Bertz CT molecular complexity index is 1550. The van der Waals surface area contributed by atoms with Gasteiger partial charge in [-0.25, -0.2) is 0 Å². The van der Waals surface area contributed by atoms with Crippen molar-refractivity contribution >= 4 is 44.0 Å². The summed E-state index contributed by atoms with van der Waals surface area (Å²) < 4.78 is 7.74. The van der Waals surface area contributed by atoms with E-state index < -0.39 is 6.10 Å². The third-order valence-corrected chi connectivity index (χ3v) is 6.65. The Morgan fingerprint density at radius 2 is 1.84 bits per heavy atom. The van der Waals surface area contributed by atoms with E-state index >= 15 is 0 Å². The van der Waals surface area contributed by atoms with Crippen molar-refractivity contribution in [1.29, 1.82) is 0 Å². The molecule has 1 atom stereocenters. The number of amides is 1. The van der Waals surface area contributed by atoms with E-state index in [1.165, 1.54) is 12.8 Å². The van der Waals surface area contributed by atoms with Gasteiger partial charge in [0.25, 0.3) is 11.5 Å². The number of carbonyl (C=O) groups is 1. The zero-order chi connectivity index (χ0) is 21.8. The first kappa shape index (κ1) is 19.0. The van der Waals surface area contributed by atoms with Crippen LogP contribution in [0, 0.1) is 0 Å². The summed E-state index contributed by atoms with van der Waals surface area (Å²) in [5, 5.41) is 6.45. The van der Waals surface area contributed by atoms with Crippen molar-refractivity contribution in [3.63, 3.8) is 0 Å². The van der Waals surface area contributed by atoms with Crippen LogP contribution in [0.4, 0.5) is 0 Å². The molecule has 0 aliphatic heterocycles. The standard InChI is InChI=1S/C26H23N3O3/c1-15(25(30)28-16-6-2-3-7-16)32-17-10-11-22-21(14-17)19-12-13-27-23-18-8-4-5-9-20(18)26(31)29(22)24(19)23/h4-5,8-16H,2-3,6-7H2,1H3,(H,28,30)/t15-/m0/s1. The lowest BCUT2D eigenvalue weighted by atomic mass is 10.1. The van der Waals surface area contributed by atoms with Crippen LogP contribution in [-0.4, -0.2) is 27.4 Å². The van der Waals surface area contributed by atoms with Gasteiger partial charge in [-0.1, -0.05) is 31.0 Å². The Morgan fingerprint density at radius 3 is 2.66 bits per heavy atom. The maximum atomic E-state index is 13.3. The molecule has 3 heterocycles. The summed E-state index contributed by atoms with van der Waals surface area (Å²) in [6.45, 7) is 1.77. The first-order valence-electron chi connectivity index (χ1n) is 11.2. The van der Waals surface area contributed by atoms with Crippen LogP contribution in [-0.2, 0) is 4.79 Å². The molecule has 1 saturated carbocycles. The van der Waals surface area contributed by atoms with Gasteiger partial charge < -0.3 is 10.1 Å². The van der Waals surface area contributed by atoms with Crippen LogP contribution in [0.3, 0.4) is 0 Å². The molecule has 0 spiro atoms. The van der Waals surface area contributed by atoms with Crippen LogP contribution >= 0.6 is 0 Å². The fraction of sp³-hybridized carbons (Fsp3) is 0.269. The highest BCUT2D eigenvalue weighted by Crippen LogP contribution is 2.34. The van der Waals surface area contributed by atoms with Crippen LogP contribution in [0.25, 0.3) is 38.1 Å². The van der Waals surface area contributed by atoms with E-state index in [1.54, 1.807) is 17.5 Å². The number of pyridine rings is 2. The molecule has 1 N–H and O–H groups in total. The molecule has 160 valence electrons. The summed E-state index contributed by atoms with van der Waals surface area (Å²) >= 11 is 0. The lowest BCUT2D eigenvalue weighted by molar-refractivity contribution is -0.127. The van der Waals surface area contributed by atoms with E-state index in [4.69, 9.17) is 4.74 Å². The molecule has 6 rings (SSSR count). The monoisotopic (exact) mass is 425 g/mol. The molecule has 0 radical (unpaired) electrons. The molecule has 3 aromatic heterocycles. The molecule has 1 fully saturated rings. The smallest absolute Gasteiger partial charge is 0.263 e. The minimum Gasteiger partial charge on any atom is -0.481 e. The van der Waals surface area contributed by atoms with E-state index in [0.29, 0.717) is 11.1 Å². The van der Waals surface area contributed by atoms with Gasteiger partial charge >= 0.3 is 0 Å². The molecule has 0 saturated heterocycles. The van der Waals surface area contributed by atoms with Crippen molar-refractivity contribution in [3.05, 3.63) is 65.1 Å². The Kier molecular flexibility index (Phi) is 4.28. The molecule has 5 aromatic rings. The first-order chi connectivity index (χ1) is 15.6. The molecule has 6 heteroatoms. The van der Waals surface area contributed by atoms with Crippen LogP contribution in [0.1, 0.15) is 32.6 Å². The number of carbonyl (C=O) groups excluding carboxylic acids is 1. The fourth-order valence-electron chi connectivity index (χ4n) is 5.07. The number of hydrogen-bond acceptors (Lipinski definition) is 4. The number of aromatic nitrogens is 2. The van der Waals surface area contributed by atoms with Crippen molar-refractivity contribution in [2.45, 2.75) is 44.8 Å². The predicted octanol–water partition coefficient (Wildman–Crippen LogP) is 4.42. The summed E-state index contributed by atoms with van der Waals surface area (Å²) in [5.41, 5.74) is 2.37. The molecule has 1 amide bonds. The van der Waals surface area contributed by atoms with Crippen LogP contribution in [0.15, 0.2) is 59.5 Å². The average Bonchev–Trinajstić information content (AvgIpc) is 3.44. The van der Waals surface area contributed by atoms with Gasteiger partial charge in [0.05, 0.1) is 16.6 Å². The van der Waals surface area contributed by atoms with Gasteiger partial charge in [-0.2, -0.15) is 0 Å². The van der Waals surface area contributed by atoms with E-state index in [1.807, 2.05) is 48.5 Å². The number of fused-ring (bicyclic) bond motifs is 5. The van der Waals surface area contributed by atoms with Gasteiger partial charge in [-0.05, 0) is 50.1 Å². The summed E-state index contributed by atoms with van der Waals surface area (Å²) in [7, 11) is 0. The largest absolute Gasteiger partial charge is 0.481 e. The second-order valence-electron chi connectivity index (χ2n) is 8.67. The number of rotatable bonds is 4. The zero-order valence-electron chi connectivity index (χ0n) is 17.8. The molecule has 6 nitrogen and oxygen atoms in total. The van der Waals surface area contributed by atoms with Gasteiger partial charge in [0.1, 0.15) is 5.75 Å². The third-order valence-electron chi connectivity index (χ3n) is 6.65. The van der Waals surface area contributed by atoms with E-state index in [0.717, 1.165) is 45.6 Å². The summed E-state index contributed by atoms with van der Waals surface area (Å²) in [6.07, 6.45) is 5.59. The number of ether oxygens (including phenoxy) is 1. The van der Waals surface area contributed by atoms with Crippen LogP contribution in [0.5, 0.6) is 5.75 Å². The maximum absolute atomic E-state index is 13.3. The van der Waals surface area contributed by atoms with Gasteiger partial charge in [-0.3, -0.25) is 19.0 Å². The molecule has 32 heavy (non-hydrogen) atoms. The lowest BCUT2D eigenvalue weighted by Gasteiger charge is -2.18. The Morgan fingerprint density at radius 1 is 1.06 bits per heavy atom. The fourth-order valence-corrected chi connectivity index (χ4v) is 5.07. The predicted molar refractivity (Wildman–Crippen MR) is 126 cm³/mol.